The highest BCUT2D eigenvalue weighted by Crippen LogP contribution is 2.10. The number of hydrogen-bond donors (Lipinski definition) is 2. The molecule has 0 bridgehead atoms. The van der Waals surface area contributed by atoms with E-state index in [1.165, 1.54) is 4.90 Å². The van der Waals surface area contributed by atoms with Crippen molar-refractivity contribution in [3.8, 4) is 0 Å². The summed E-state index contributed by atoms with van der Waals surface area (Å²) in [7, 11) is -3.05. The molecule has 1 aromatic rings. The molecule has 1 atom stereocenters. The first-order chi connectivity index (χ1) is 11.4. The molecule has 0 aromatic heterocycles. The van der Waals surface area contributed by atoms with Gasteiger partial charge in [-0.15, -0.1) is 0 Å². The van der Waals surface area contributed by atoms with E-state index >= 15 is 0 Å². The van der Waals surface area contributed by atoms with Crippen LogP contribution in [0.5, 0.6) is 0 Å². The van der Waals surface area contributed by atoms with Gasteiger partial charge in [-0.3, -0.25) is 4.79 Å². The number of urea groups is 1. The number of carbonyl (C=O) groups excluding carboxylic acids is 1. The van der Waals surface area contributed by atoms with Crippen LogP contribution >= 0.6 is 0 Å². The molecule has 1 heterocycles. The van der Waals surface area contributed by atoms with E-state index in [0.717, 1.165) is 5.56 Å². The van der Waals surface area contributed by atoms with E-state index in [4.69, 9.17) is 5.11 Å². The van der Waals surface area contributed by atoms with Crippen LogP contribution in [0.15, 0.2) is 30.3 Å². The molecule has 1 aromatic carbocycles. The average molecular weight is 354 g/mol. The molecule has 0 saturated carbocycles. The van der Waals surface area contributed by atoms with Crippen molar-refractivity contribution in [2.75, 3.05) is 24.6 Å². The third-order valence-corrected chi connectivity index (χ3v) is 5.60. The number of carbonyl (C=O) groups is 2. The molecule has 0 spiro atoms. The van der Waals surface area contributed by atoms with Crippen molar-refractivity contribution in [2.24, 2.45) is 0 Å². The minimum atomic E-state index is -3.05. The second kappa shape index (κ2) is 8.14. The van der Waals surface area contributed by atoms with Crippen LogP contribution in [-0.4, -0.2) is 61.1 Å². The van der Waals surface area contributed by atoms with Crippen molar-refractivity contribution in [1.29, 1.82) is 0 Å². The monoisotopic (exact) mass is 354 g/mol. The number of nitrogens with zero attached hydrogens (tertiary/aromatic N) is 1. The summed E-state index contributed by atoms with van der Waals surface area (Å²) in [5.41, 5.74) is 1.01. The maximum absolute atomic E-state index is 12.3. The Hall–Kier alpha value is -2.09. The van der Waals surface area contributed by atoms with Gasteiger partial charge in [-0.1, -0.05) is 30.3 Å². The molecule has 8 heteroatoms. The first-order valence-electron chi connectivity index (χ1n) is 7.87. The number of benzene rings is 1. The van der Waals surface area contributed by atoms with Crippen molar-refractivity contribution in [2.45, 2.75) is 25.3 Å². The van der Waals surface area contributed by atoms with Crippen LogP contribution in [-0.2, 0) is 21.1 Å². The molecule has 0 radical (unpaired) electrons. The van der Waals surface area contributed by atoms with Gasteiger partial charge in [0.25, 0.3) is 0 Å². The molecule has 7 nitrogen and oxygen atoms in total. The molecule has 1 saturated heterocycles. The second-order valence-electron chi connectivity index (χ2n) is 5.91. The number of rotatable bonds is 6. The van der Waals surface area contributed by atoms with E-state index in [-0.39, 0.29) is 43.1 Å². The van der Waals surface area contributed by atoms with Gasteiger partial charge in [0, 0.05) is 25.6 Å². The van der Waals surface area contributed by atoms with E-state index < -0.39 is 15.8 Å². The quantitative estimate of drug-likeness (QED) is 0.790. The van der Waals surface area contributed by atoms with Gasteiger partial charge in [0.05, 0.1) is 11.5 Å². The Morgan fingerprint density at radius 3 is 2.38 bits per heavy atom. The van der Waals surface area contributed by atoms with Gasteiger partial charge in [-0.2, -0.15) is 0 Å². The van der Waals surface area contributed by atoms with E-state index in [1.807, 2.05) is 30.3 Å². The maximum atomic E-state index is 12.3. The van der Waals surface area contributed by atoms with E-state index in [1.54, 1.807) is 0 Å². The van der Waals surface area contributed by atoms with Gasteiger partial charge in [-0.05, 0) is 18.4 Å². The van der Waals surface area contributed by atoms with Gasteiger partial charge in [0.2, 0.25) is 0 Å². The maximum Gasteiger partial charge on any atom is 0.317 e. The zero-order chi connectivity index (χ0) is 17.6. The molecule has 1 fully saturated rings. The number of nitrogens with one attached hydrogen (secondary N) is 1. The van der Waals surface area contributed by atoms with Crippen LogP contribution in [0.1, 0.15) is 18.4 Å². The first-order valence-corrected chi connectivity index (χ1v) is 9.69. The molecule has 0 aliphatic carbocycles. The van der Waals surface area contributed by atoms with Crippen LogP contribution < -0.4 is 5.32 Å². The van der Waals surface area contributed by atoms with Crippen LogP contribution in [0.2, 0.25) is 0 Å². The highest BCUT2D eigenvalue weighted by molar-refractivity contribution is 7.91. The molecular weight excluding hydrogens is 332 g/mol. The normalized spacial score (nSPS) is 17.9. The Morgan fingerprint density at radius 2 is 1.79 bits per heavy atom. The Labute approximate surface area is 141 Å². The molecule has 1 unspecified atom stereocenters. The lowest BCUT2D eigenvalue weighted by Gasteiger charge is -2.29. The second-order valence-corrected chi connectivity index (χ2v) is 8.21. The molecule has 132 valence electrons. The Balaban J connectivity index is 1.96. The molecule has 24 heavy (non-hydrogen) atoms. The van der Waals surface area contributed by atoms with Gasteiger partial charge in [0.1, 0.15) is 0 Å². The molecule has 1 aliphatic rings. The highest BCUT2D eigenvalue weighted by Gasteiger charge is 2.26. The molecule has 1 aliphatic heterocycles. The smallest absolute Gasteiger partial charge is 0.317 e. The standard InChI is InChI=1S/C16H22N2O5S/c19-15(20)7-6-14(12-13-4-2-1-3-5-13)17-16(21)18-8-10-24(22,23)11-9-18/h1-5,14H,6-12H2,(H,17,21)(H,19,20). The number of hydrogen-bond acceptors (Lipinski definition) is 4. The van der Waals surface area contributed by atoms with E-state index in [9.17, 15) is 18.0 Å². The summed E-state index contributed by atoms with van der Waals surface area (Å²) in [6.45, 7) is 0.344. The van der Waals surface area contributed by atoms with Crippen LogP contribution in [0.25, 0.3) is 0 Å². The Kier molecular flexibility index (Phi) is 6.19. The summed E-state index contributed by atoms with van der Waals surface area (Å²) in [6, 6.07) is 8.87. The largest absolute Gasteiger partial charge is 0.481 e. The fraction of sp³-hybridized carbons (Fsp3) is 0.500. The Morgan fingerprint density at radius 1 is 1.17 bits per heavy atom. The number of carboxylic acids is 1. The van der Waals surface area contributed by atoms with Gasteiger partial charge >= 0.3 is 12.0 Å². The summed E-state index contributed by atoms with van der Waals surface area (Å²) < 4.78 is 22.9. The zero-order valence-corrected chi connectivity index (χ0v) is 14.2. The van der Waals surface area contributed by atoms with Crippen LogP contribution in [0, 0.1) is 0 Å². The van der Waals surface area contributed by atoms with E-state index in [0.29, 0.717) is 12.8 Å². The summed E-state index contributed by atoms with van der Waals surface area (Å²) in [4.78, 5) is 24.6. The molecule has 2 amide bonds. The zero-order valence-electron chi connectivity index (χ0n) is 13.3. The number of sulfone groups is 1. The van der Waals surface area contributed by atoms with Gasteiger partial charge < -0.3 is 15.3 Å². The van der Waals surface area contributed by atoms with Crippen LogP contribution in [0.3, 0.4) is 0 Å². The van der Waals surface area contributed by atoms with Crippen molar-refractivity contribution >= 4 is 21.8 Å². The fourth-order valence-electron chi connectivity index (χ4n) is 2.60. The summed E-state index contributed by atoms with van der Waals surface area (Å²) >= 11 is 0. The number of carboxylic acid groups (broad SMARTS) is 1. The molecule has 2 rings (SSSR count). The fourth-order valence-corrected chi connectivity index (χ4v) is 3.80. The molecule has 2 N–H and O–H groups in total. The van der Waals surface area contributed by atoms with Crippen LogP contribution in [0.4, 0.5) is 4.79 Å². The first kappa shape index (κ1) is 18.3. The third kappa shape index (κ3) is 5.84. The van der Waals surface area contributed by atoms with Crippen molar-refractivity contribution < 1.29 is 23.1 Å². The SMILES string of the molecule is O=C(O)CCC(Cc1ccccc1)NC(=O)N1CCS(=O)(=O)CC1. The molecular formula is C16H22N2O5S. The van der Waals surface area contributed by atoms with E-state index in [2.05, 4.69) is 5.32 Å². The van der Waals surface area contributed by atoms with Crippen molar-refractivity contribution in [1.82, 2.24) is 10.2 Å². The predicted octanol–water partition coefficient (Wildman–Crippen LogP) is 0.903. The number of aliphatic carboxylic acids is 1. The minimum absolute atomic E-state index is 0.0289. The van der Waals surface area contributed by atoms with Gasteiger partial charge in [-0.25, -0.2) is 13.2 Å². The topological polar surface area (TPSA) is 104 Å². The summed E-state index contributed by atoms with van der Waals surface area (Å²) in [5.74, 6) is -0.969. The lowest BCUT2D eigenvalue weighted by Crippen LogP contribution is -2.51. The lowest BCUT2D eigenvalue weighted by atomic mass is 10.0. The highest BCUT2D eigenvalue weighted by atomic mass is 32.2. The summed E-state index contributed by atoms with van der Waals surface area (Å²) in [6.07, 6.45) is 0.820. The third-order valence-electron chi connectivity index (χ3n) is 3.99. The number of amides is 2. The minimum Gasteiger partial charge on any atom is -0.481 e. The Bertz CT molecular complexity index is 661. The average Bonchev–Trinajstić information content (AvgIpc) is 2.53. The van der Waals surface area contributed by atoms with Crippen molar-refractivity contribution in [3.05, 3.63) is 35.9 Å². The summed E-state index contributed by atoms with van der Waals surface area (Å²) in [5, 5.41) is 11.7. The lowest BCUT2D eigenvalue weighted by molar-refractivity contribution is -0.137. The van der Waals surface area contributed by atoms with Gasteiger partial charge in [0.15, 0.2) is 9.84 Å². The van der Waals surface area contributed by atoms with Crippen molar-refractivity contribution in [3.63, 3.8) is 0 Å². The predicted molar refractivity (Wildman–Crippen MR) is 89.6 cm³/mol.